The number of hydrogen-bond acceptors (Lipinski definition) is 3. The summed E-state index contributed by atoms with van der Waals surface area (Å²) in [7, 11) is 0. The second kappa shape index (κ2) is 10.00. The molecule has 0 radical (unpaired) electrons. The van der Waals surface area contributed by atoms with E-state index in [1.54, 1.807) is 6.92 Å². The highest BCUT2D eigenvalue weighted by molar-refractivity contribution is 5.81. The number of hydrogen-bond donors (Lipinski definition) is 2. The first-order chi connectivity index (χ1) is 18.0. The van der Waals surface area contributed by atoms with Gasteiger partial charge >= 0.3 is 18.4 Å². The summed E-state index contributed by atoms with van der Waals surface area (Å²) in [6.45, 7) is 2.84. The zero-order chi connectivity index (χ0) is 28.9. The zero-order valence-corrected chi connectivity index (χ0v) is 20.7. The van der Waals surface area contributed by atoms with E-state index in [0.717, 1.165) is 0 Å². The van der Waals surface area contributed by atoms with Gasteiger partial charge < -0.3 is 20.1 Å². The highest BCUT2D eigenvalue weighted by atomic mass is 19.4. The molecule has 2 aliphatic rings. The molecule has 4 rings (SSSR count). The Kier molecular flexibility index (Phi) is 7.34. The van der Waals surface area contributed by atoms with Crippen LogP contribution in [-0.2, 0) is 21.9 Å². The Morgan fingerprint density at radius 2 is 1.64 bits per heavy atom. The van der Waals surface area contributed by atoms with Crippen molar-refractivity contribution >= 4 is 12.0 Å². The van der Waals surface area contributed by atoms with Crippen molar-refractivity contribution in [1.82, 2.24) is 10.2 Å². The van der Waals surface area contributed by atoms with E-state index >= 15 is 0 Å². The Morgan fingerprint density at radius 1 is 1.08 bits per heavy atom. The average molecular weight is 562 g/mol. The molecule has 39 heavy (non-hydrogen) atoms. The quantitative estimate of drug-likeness (QED) is 0.431. The van der Waals surface area contributed by atoms with Gasteiger partial charge in [-0.15, -0.1) is 0 Å². The number of piperidine rings is 1. The second-order valence-electron chi connectivity index (χ2n) is 10.2. The minimum absolute atomic E-state index is 0.0301. The number of halogens is 7. The van der Waals surface area contributed by atoms with Crippen LogP contribution in [0.3, 0.4) is 0 Å². The maximum Gasteiger partial charge on any atom is 0.416 e. The fourth-order valence-corrected chi connectivity index (χ4v) is 5.53. The van der Waals surface area contributed by atoms with Crippen LogP contribution < -0.4 is 5.32 Å². The minimum atomic E-state index is -5.03. The molecule has 2 heterocycles. The van der Waals surface area contributed by atoms with Gasteiger partial charge in [0.2, 0.25) is 5.91 Å². The molecule has 6 nitrogen and oxygen atoms in total. The topological polar surface area (TPSA) is 78.9 Å². The van der Waals surface area contributed by atoms with Crippen LogP contribution in [0.2, 0.25) is 0 Å². The first-order valence-electron chi connectivity index (χ1n) is 12.0. The molecule has 1 unspecified atom stereocenters. The summed E-state index contributed by atoms with van der Waals surface area (Å²) in [4.78, 5) is 25.9. The average Bonchev–Trinajstić information content (AvgIpc) is 3.15. The Hall–Kier alpha value is -3.35. The van der Waals surface area contributed by atoms with E-state index in [9.17, 15) is 45.4 Å². The van der Waals surface area contributed by atoms with Gasteiger partial charge in [-0.3, -0.25) is 4.79 Å². The standard InChI is InChI=1S/C26H25F7N2O4/c1-13(15-7-16(25(28,29)30)9-17(8-15)26(31,32)33)39-20-12-35-19(22(20)14-3-5-18(27)6-4-14)10-24(2,11-21(35)36)34-23(37)38/h3-9,13,19-20,22,34H,10-12H2,1-2H3,(H,37,38)/t13-,19+,20+,22+,24?/m1/s1. The maximum atomic E-state index is 13.7. The van der Waals surface area contributed by atoms with Gasteiger partial charge in [0, 0.05) is 24.9 Å². The SMILES string of the molecule is C[C@@H](O[C@H]1CN2C(=O)CC(C)(NC(=O)O)C[C@H]2[C@@H]1c1ccc(F)cc1)c1cc(C(F)(F)F)cc(C(F)(F)F)c1. The number of rotatable bonds is 5. The van der Waals surface area contributed by atoms with E-state index in [0.29, 0.717) is 17.7 Å². The first-order valence-corrected chi connectivity index (χ1v) is 12.0. The Bertz CT molecular complexity index is 1220. The van der Waals surface area contributed by atoms with Gasteiger partial charge in [-0.1, -0.05) is 12.1 Å². The van der Waals surface area contributed by atoms with Gasteiger partial charge in [-0.2, -0.15) is 26.3 Å². The summed E-state index contributed by atoms with van der Waals surface area (Å²) in [5, 5.41) is 11.6. The number of benzene rings is 2. The summed E-state index contributed by atoms with van der Waals surface area (Å²) in [5.74, 6) is -1.60. The molecule has 5 atom stereocenters. The zero-order valence-electron chi connectivity index (χ0n) is 20.7. The Morgan fingerprint density at radius 3 is 2.15 bits per heavy atom. The fraction of sp³-hybridized carbons (Fsp3) is 0.462. The van der Waals surface area contributed by atoms with Gasteiger partial charge in [0.1, 0.15) is 5.82 Å². The van der Waals surface area contributed by atoms with Crippen molar-refractivity contribution in [2.45, 2.75) is 68.7 Å². The maximum absolute atomic E-state index is 13.7. The monoisotopic (exact) mass is 562 g/mol. The predicted octanol–water partition coefficient (Wildman–Crippen LogP) is 6.12. The van der Waals surface area contributed by atoms with Crippen LogP contribution in [0.15, 0.2) is 42.5 Å². The molecule has 0 aliphatic carbocycles. The molecule has 2 saturated heterocycles. The fourth-order valence-electron chi connectivity index (χ4n) is 5.53. The number of carbonyl (C=O) groups is 2. The largest absolute Gasteiger partial charge is 0.465 e. The predicted molar refractivity (Wildman–Crippen MR) is 123 cm³/mol. The van der Waals surface area contributed by atoms with Crippen LogP contribution in [-0.4, -0.2) is 46.2 Å². The summed E-state index contributed by atoms with van der Waals surface area (Å²) in [5.41, 5.74) is -3.93. The number of carboxylic acid groups (broad SMARTS) is 1. The van der Waals surface area contributed by atoms with E-state index in [4.69, 9.17) is 4.74 Å². The normalized spacial score (nSPS) is 26.3. The van der Waals surface area contributed by atoms with E-state index in [2.05, 4.69) is 5.32 Å². The van der Waals surface area contributed by atoms with Crippen molar-refractivity contribution in [3.05, 3.63) is 70.5 Å². The van der Waals surface area contributed by atoms with Gasteiger partial charge in [0.25, 0.3) is 0 Å². The van der Waals surface area contributed by atoms with E-state index in [-0.39, 0.29) is 31.0 Å². The number of amides is 2. The molecule has 2 amide bonds. The number of nitrogens with one attached hydrogen (secondary N) is 1. The molecule has 2 aromatic carbocycles. The lowest BCUT2D eigenvalue weighted by Gasteiger charge is -2.42. The number of nitrogens with zero attached hydrogens (tertiary/aromatic N) is 1. The van der Waals surface area contributed by atoms with Crippen LogP contribution in [0, 0.1) is 5.82 Å². The summed E-state index contributed by atoms with van der Waals surface area (Å²) in [6.07, 6.45) is -13.5. The van der Waals surface area contributed by atoms with Crippen molar-refractivity contribution < 1.29 is 50.2 Å². The summed E-state index contributed by atoms with van der Waals surface area (Å²) >= 11 is 0. The number of carbonyl (C=O) groups excluding carboxylic acids is 1. The molecule has 2 fully saturated rings. The number of fused-ring (bicyclic) bond motifs is 1. The van der Waals surface area contributed by atoms with Crippen molar-refractivity contribution in [2.75, 3.05) is 6.54 Å². The first kappa shape index (κ1) is 28.7. The number of ether oxygens (including phenoxy) is 1. The molecule has 2 aromatic rings. The van der Waals surface area contributed by atoms with Crippen LogP contribution in [0.4, 0.5) is 35.5 Å². The highest BCUT2D eigenvalue weighted by Crippen LogP contribution is 2.45. The van der Waals surface area contributed by atoms with E-state index in [1.165, 1.54) is 36.1 Å². The van der Waals surface area contributed by atoms with Crippen LogP contribution >= 0.6 is 0 Å². The molecule has 13 heteroatoms. The van der Waals surface area contributed by atoms with Crippen molar-refractivity contribution in [3.63, 3.8) is 0 Å². The summed E-state index contributed by atoms with van der Waals surface area (Å²) in [6, 6.07) is 5.86. The second-order valence-corrected chi connectivity index (χ2v) is 10.2. The molecule has 212 valence electrons. The lowest BCUT2D eigenvalue weighted by atomic mass is 9.78. The third-order valence-corrected chi connectivity index (χ3v) is 7.24. The van der Waals surface area contributed by atoms with Gasteiger partial charge in [-0.05, 0) is 61.7 Å². The summed E-state index contributed by atoms with van der Waals surface area (Å²) < 4.78 is 100. The molecule has 0 aromatic heterocycles. The van der Waals surface area contributed by atoms with Crippen LogP contribution in [0.1, 0.15) is 61.0 Å². The van der Waals surface area contributed by atoms with Gasteiger partial charge in [0.05, 0.1) is 28.9 Å². The van der Waals surface area contributed by atoms with Gasteiger partial charge in [0.15, 0.2) is 0 Å². The molecular formula is C26H25F7N2O4. The lowest BCUT2D eigenvalue weighted by Crippen LogP contribution is -2.58. The van der Waals surface area contributed by atoms with Crippen LogP contribution in [0.25, 0.3) is 0 Å². The Labute approximate surface area is 218 Å². The smallest absolute Gasteiger partial charge is 0.416 e. The third-order valence-electron chi connectivity index (χ3n) is 7.24. The lowest BCUT2D eigenvalue weighted by molar-refractivity contribution is -0.143. The third kappa shape index (κ3) is 6.13. The molecule has 2 aliphatic heterocycles. The van der Waals surface area contributed by atoms with Crippen LogP contribution in [0.5, 0.6) is 0 Å². The molecular weight excluding hydrogens is 537 g/mol. The minimum Gasteiger partial charge on any atom is -0.465 e. The molecule has 2 N–H and O–H groups in total. The molecule has 0 bridgehead atoms. The van der Waals surface area contributed by atoms with Gasteiger partial charge in [-0.25, -0.2) is 9.18 Å². The van der Waals surface area contributed by atoms with Crippen molar-refractivity contribution in [2.24, 2.45) is 0 Å². The van der Waals surface area contributed by atoms with Crippen molar-refractivity contribution in [1.29, 1.82) is 0 Å². The molecule has 0 spiro atoms. The van der Waals surface area contributed by atoms with E-state index in [1.807, 2.05) is 0 Å². The number of alkyl halides is 6. The van der Waals surface area contributed by atoms with Crippen molar-refractivity contribution in [3.8, 4) is 0 Å². The van der Waals surface area contributed by atoms with E-state index < -0.39 is 71.0 Å². The molecule has 0 saturated carbocycles. The highest BCUT2D eigenvalue weighted by Gasteiger charge is 2.53. The Balaban J connectivity index is 1.70.